The van der Waals surface area contributed by atoms with Gasteiger partial charge in [0.05, 0.1) is 13.1 Å². The van der Waals surface area contributed by atoms with Crippen LogP contribution in [0, 0.1) is 5.92 Å². The van der Waals surface area contributed by atoms with Gasteiger partial charge >= 0.3 is 0 Å². The van der Waals surface area contributed by atoms with Crippen LogP contribution < -0.4 is 10.2 Å². The normalized spacial score (nSPS) is 15.6. The van der Waals surface area contributed by atoms with Gasteiger partial charge in [0.2, 0.25) is 0 Å². The highest BCUT2D eigenvalue weighted by Gasteiger charge is 2.18. The number of piperidine rings is 1. The Labute approximate surface area is 173 Å². The highest BCUT2D eigenvalue weighted by atomic mass is 16.3. The van der Waals surface area contributed by atoms with Crippen LogP contribution in [0.25, 0.3) is 0 Å². The van der Waals surface area contributed by atoms with Gasteiger partial charge in [-0.15, -0.1) is 0 Å². The zero-order valence-electron chi connectivity index (χ0n) is 17.8. The number of hydrogen-bond acceptors (Lipinski definition) is 5. The second-order valence-corrected chi connectivity index (χ2v) is 7.61. The third-order valence-electron chi connectivity index (χ3n) is 5.47. The third-order valence-corrected chi connectivity index (χ3v) is 5.47. The minimum atomic E-state index is 0.310. The van der Waals surface area contributed by atoms with Gasteiger partial charge in [0, 0.05) is 46.0 Å². The van der Waals surface area contributed by atoms with Crippen molar-refractivity contribution in [2.45, 2.75) is 32.9 Å². The Hall–Kier alpha value is -2.61. The van der Waals surface area contributed by atoms with Gasteiger partial charge in [-0.25, -0.2) is 9.98 Å². The lowest BCUT2D eigenvalue weighted by Crippen LogP contribution is -2.39. The van der Waals surface area contributed by atoms with Gasteiger partial charge in [-0.2, -0.15) is 5.10 Å². The van der Waals surface area contributed by atoms with Crippen LogP contribution in [0.15, 0.2) is 35.6 Å². The molecule has 2 heterocycles. The number of nitrogens with zero attached hydrogens (tertiary/aromatic N) is 6. The monoisotopic (exact) mass is 399 g/mol. The van der Waals surface area contributed by atoms with E-state index in [0.717, 1.165) is 44.3 Å². The lowest BCUT2D eigenvalue weighted by molar-refractivity contribution is 0.203. The third kappa shape index (κ3) is 5.69. The maximum Gasteiger partial charge on any atom is 0.194 e. The molecule has 0 atom stereocenters. The molecule has 0 saturated carbocycles. The molecule has 8 nitrogen and oxygen atoms in total. The van der Waals surface area contributed by atoms with E-state index in [2.05, 4.69) is 56.4 Å². The van der Waals surface area contributed by atoms with E-state index >= 15 is 0 Å². The molecule has 0 aliphatic carbocycles. The fourth-order valence-corrected chi connectivity index (χ4v) is 3.57. The van der Waals surface area contributed by atoms with Gasteiger partial charge in [-0.3, -0.25) is 4.68 Å². The van der Waals surface area contributed by atoms with E-state index in [4.69, 9.17) is 4.99 Å². The molecule has 1 aromatic carbocycles. The minimum absolute atomic E-state index is 0.310. The van der Waals surface area contributed by atoms with Crippen molar-refractivity contribution in [3.63, 3.8) is 0 Å². The second kappa shape index (κ2) is 10.2. The fourth-order valence-electron chi connectivity index (χ4n) is 3.57. The number of anilines is 1. The molecule has 2 N–H and O–H groups in total. The highest BCUT2D eigenvalue weighted by Crippen LogP contribution is 2.23. The molecule has 0 radical (unpaired) electrons. The van der Waals surface area contributed by atoms with Gasteiger partial charge in [-0.05, 0) is 43.4 Å². The predicted octanol–water partition coefficient (Wildman–Crippen LogP) is 1.62. The van der Waals surface area contributed by atoms with Crippen molar-refractivity contribution < 1.29 is 5.11 Å². The van der Waals surface area contributed by atoms with Crippen LogP contribution in [0.2, 0.25) is 0 Å². The SMILES string of the molecule is CCNC(=NCc1ccc(N2CCC(CO)CC2)cc1)N(C)Cc1ncnn1C. The topological polar surface area (TPSA) is 81.8 Å². The summed E-state index contributed by atoms with van der Waals surface area (Å²) in [5.41, 5.74) is 2.43. The molecule has 3 rings (SSSR count). The first-order valence-corrected chi connectivity index (χ1v) is 10.4. The Balaban J connectivity index is 1.59. The zero-order valence-corrected chi connectivity index (χ0v) is 17.8. The number of aliphatic hydroxyl groups is 1. The lowest BCUT2D eigenvalue weighted by atomic mass is 9.97. The van der Waals surface area contributed by atoms with E-state index in [-0.39, 0.29) is 0 Å². The Bertz CT molecular complexity index is 779. The number of aryl methyl sites for hydroxylation is 1. The van der Waals surface area contributed by atoms with Gasteiger partial charge in [-0.1, -0.05) is 12.1 Å². The molecule has 8 heteroatoms. The van der Waals surface area contributed by atoms with Gasteiger partial charge < -0.3 is 20.2 Å². The van der Waals surface area contributed by atoms with E-state index in [1.54, 1.807) is 11.0 Å². The Morgan fingerprint density at radius 3 is 2.59 bits per heavy atom. The van der Waals surface area contributed by atoms with Crippen LogP contribution in [0.4, 0.5) is 5.69 Å². The largest absolute Gasteiger partial charge is 0.396 e. The fraction of sp³-hybridized carbons (Fsp3) is 0.571. The summed E-state index contributed by atoms with van der Waals surface area (Å²) in [6.07, 6.45) is 3.69. The molecule has 1 fully saturated rings. The lowest BCUT2D eigenvalue weighted by Gasteiger charge is -2.32. The van der Waals surface area contributed by atoms with Crippen molar-refractivity contribution in [1.29, 1.82) is 0 Å². The van der Waals surface area contributed by atoms with Gasteiger partial charge in [0.25, 0.3) is 0 Å². The molecule has 0 bridgehead atoms. The molecule has 158 valence electrons. The number of guanidine groups is 1. The first-order valence-electron chi connectivity index (χ1n) is 10.4. The van der Waals surface area contributed by atoms with E-state index in [9.17, 15) is 5.11 Å². The van der Waals surface area contributed by atoms with Crippen LogP contribution in [-0.2, 0) is 20.1 Å². The van der Waals surface area contributed by atoms with Crippen molar-refractivity contribution in [2.75, 3.05) is 38.2 Å². The Morgan fingerprint density at radius 2 is 2.00 bits per heavy atom. The molecule has 1 aliphatic rings. The molecule has 1 aromatic heterocycles. The molecule has 1 aliphatic heterocycles. The molecule has 2 aromatic rings. The minimum Gasteiger partial charge on any atom is -0.396 e. The molecule has 0 spiro atoms. The summed E-state index contributed by atoms with van der Waals surface area (Å²) >= 11 is 0. The number of aliphatic hydroxyl groups excluding tert-OH is 1. The zero-order chi connectivity index (χ0) is 20.6. The average Bonchev–Trinajstić information content (AvgIpc) is 3.16. The summed E-state index contributed by atoms with van der Waals surface area (Å²) in [4.78, 5) is 13.5. The van der Waals surface area contributed by atoms with Gasteiger partial charge in [0.15, 0.2) is 5.96 Å². The van der Waals surface area contributed by atoms with E-state index in [0.29, 0.717) is 25.6 Å². The van der Waals surface area contributed by atoms with Crippen LogP contribution in [0.1, 0.15) is 31.2 Å². The Kier molecular flexibility index (Phi) is 7.46. The molecule has 29 heavy (non-hydrogen) atoms. The summed E-state index contributed by atoms with van der Waals surface area (Å²) in [6, 6.07) is 8.67. The number of aromatic nitrogens is 3. The van der Waals surface area contributed by atoms with Crippen LogP contribution >= 0.6 is 0 Å². The van der Waals surface area contributed by atoms with E-state index in [1.807, 2.05) is 14.1 Å². The van der Waals surface area contributed by atoms with Crippen LogP contribution in [0.3, 0.4) is 0 Å². The molecule has 0 unspecified atom stereocenters. The molecular formula is C21H33N7O. The first kappa shape index (κ1) is 21.1. The first-order chi connectivity index (χ1) is 14.1. The summed E-state index contributed by atoms with van der Waals surface area (Å²) in [5, 5.41) is 16.8. The van der Waals surface area contributed by atoms with Crippen molar-refractivity contribution in [1.82, 2.24) is 25.0 Å². The number of nitrogens with one attached hydrogen (secondary N) is 1. The van der Waals surface area contributed by atoms with Crippen LogP contribution in [-0.4, -0.2) is 64.0 Å². The smallest absolute Gasteiger partial charge is 0.194 e. The van der Waals surface area contributed by atoms with E-state index < -0.39 is 0 Å². The Morgan fingerprint density at radius 1 is 1.28 bits per heavy atom. The summed E-state index contributed by atoms with van der Waals surface area (Å²) in [5.74, 6) is 2.21. The van der Waals surface area contributed by atoms with E-state index in [1.165, 1.54) is 11.3 Å². The van der Waals surface area contributed by atoms with Crippen molar-refractivity contribution in [2.24, 2.45) is 18.0 Å². The van der Waals surface area contributed by atoms with Crippen molar-refractivity contribution in [3.8, 4) is 0 Å². The summed E-state index contributed by atoms with van der Waals surface area (Å²) < 4.78 is 1.78. The highest BCUT2D eigenvalue weighted by molar-refractivity contribution is 5.79. The summed E-state index contributed by atoms with van der Waals surface area (Å²) in [6.45, 7) is 6.48. The maximum atomic E-state index is 9.30. The summed E-state index contributed by atoms with van der Waals surface area (Å²) in [7, 11) is 3.91. The molecule has 0 amide bonds. The quantitative estimate of drug-likeness (QED) is 0.544. The van der Waals surface area contributed by atoms with Crippen LogP contribution in [0.5, 0.6) is 0 Å². The molecular weight excluding hydrogens is 366 g/mol. The molecule has 1 saturated heterocycles. The number of aliphatic imine (C=N–C) groups is 1. The van der Waals surface area contributed by atoms with Crippen molar-refractivity contribution in [3.05, 3.63) is 42.0 Å². The standard InChI is InChI=1S/C21H33N7O/c1-4-22-21(26(2)14-20-24-16-25-27(20)3)23-13-17-5-7-19(8-6-17)28-11-9-18(15-29)10-12-28/h5-8,16,18,29H,4,9-15H2,1-3H3,(H,22,23). The van der Waals surface area contributed by atoms with Gasteiger partial charge in [0.1, 0.15) is 12.2 Å². The van der Waals surface area contributed by atoms with Crippen molar-refractivity contribution >= 4 is 11.6 Å². The number of rotatable bonds is 7. The average molecular weight is 400 g/mol. The number of hydrogen-bond donors (Lipinski definition) is 2. The number of benzene rings is 1. The maximum absolute atomic E-state index is 9.30. The second-order valence-electron chi connectivity index (χ2n) is 7.61. The predicted molar refractivity (Wildman–Crippen MR) is 116 cm³/mol.